The largest absolute Gasteiger partial charge is 0.340 e. The molecule has 0 saturated carbocycles. The molecule has 0 radical (unpaired) electrons. The third-order valence-corrected chi connectivity index (χ3v) is 6.72. The first-order chi connectivity index (χ1) is 11.8. The Morgan fingerprint density at radius 2 is 1.80 bits per heavy atom. The highest BCUT2D eigenvalue weighted by molar-refractivity contribution is 7.94. The van der Waals surface area contributed by atoms with Crippen molar-refractivity contribution in [3.8, 4) is 0 Å². The molecule has 130 valence electrons. The van der Waals surface area contributed by atoms with Gasteiger partial charge in [-0.25, -0.2) is 13.4 Å². The molecule has 2 aromatic heterocycles. The van der Waals surface area contributed by atoms with E-state index in [2.05, 4.69) is 15.0 Å². The van der Waals surface area contributed by atoms with Crippen LogP contribution in [0.5, 0.6) is 0 Å². The lowest BCUT2D eigenvalue weighted by Gasteiger charge is -2.09. The SMILES string of the molecule is Cc1ccc(S(=O)(=O)Nc2ccc(Nc3ccc(C)c(Cl)c3)nc2)s1. The summed E-state index contributed by atoms with van der Waals surface area (Å²) in [6.45, 7) is 3.80. The maximum Gasteiger partial charge on any atom is 0.271 e. The summed E-state index contributed by atoms with van der Waals surface area (Å²) in [5.74, 6) is 0.592. The third kappa shape index (κ3) is 4.31. The van der Waals surface area contributed by atoms with Crippen LogP contribution in [0.3, 0.4) is 0 Å². The number of hydrogen-bond acceptors (Lipinski definition) is 5. The van der Waals surface area contributed by atoms with E-state index in [0.717, 1.165) is 16.1 Å². The van der Waals surface area contributed by atoms with Crippen molar-refractivity contribution in [1.29, 1.82) is 0 Å². The van der Waals surface area contributed by atoms with Gasteiger partial charge in [0.1, 0.15) is 10.0 Å². The van der Waals surface area contributed by atoms with Crippen LogP contribution in [0.2, 0.25) is 5.02 Å². The van der Waals surface area contributed by atoms with Gasteiger partial charge in [-0.2, -0.15) is 0 Å². The molecule has 0 amide bonds. The number of hydrogen-bond donors (Lipinski definition) is 2. The number of thiophene rings is 1. The molecule has 5 nitrogen and oxygen atoms in total. The number of benzene rings is 1. The Morgan fingerprint density at radius 1 is 1.04 bits per heavy atom. The van der Waals surface area contributed by atoms with E-state index in [4.69, 9.17) is 11.6 Å². The minimum atomic E-state index is -3.58. The van der Waals surface area contributed by atoms with Gasteiger partial charge in [0.25, 0.3) is 10.0 Å². The number of aryl methyl sites for hydroxylation is 2. The van der Waals surface area contributed by atoms with E-state index in [-0.39, 0.29) is 4.21 Å². The molecule has 0 unspecified atom stereocenters. The summed E-state index contributed by atoms with van der Waals surface area (Å²) in [6, 6.07) is 12.3. The monoisotopic (exact) mass is 393 g/mol. The second-order valence-electron chi connectivity index (χ2n) is 5.49. The summed E-state index contributed by atoms with van der Waals surface area (Å²) < 4.78 is 27.4. The molecule has 0 aliphatic carbocycles. The number of nitrogens with zero attached hydrogens (tertiary/aromatic N) is 1. The highest BCUT2D eigenvalue weighted by atomic mass is 35.5. The van der Waals surface area contributed by atoms with E-state index in [1.807, 2.05) is 32.0 Å². The predicted octanol–water partition coefficient (Wildman–Crippen LogP) is 4.96. The first-order valence-corrected chi connectivity index (χ1v) is 10.1. The van der Waals surface area contributed by atoms with Crippen LogP contribution in [0.1, 0.15) is 10.4 Å². The number of aromatic nitrogens is 1. The van der Waals surface area contributed by atoms with Gasteiger partial charge in [-0.05, 0) is 55.8 Å². The zero-order chi connectivity index (χ0) is 18.0. The van der Waals surface area contributed by atoms with Crippen molar-refractivity contribution < 1.29 is 8.42 Å². The van der Waals surface area contributed by atoms with Crippen molar-refractivity contribution in [3.05, 3.63) is 64.1 Å². The standard InChI is InChI=1S/C17H16ClN3O2S2/c1-11-3-5-13(9-15(11)18)20-16-7-6-14(10-19-16)21-25(22,23)17-8-4-12(2)24-17/h3-10,21H,1-2H3,(H,19,20). The molecule has 0 spiro atoms. The number of nitrogens with one attached hydrogen (secondary N) is 2. The van der Waals surface area contributed by atoms with E-state index in [0.29, 0.717) is 16.5 Å². The second kappa shape index (κ2) is 7.03. The summed E-state index contributed by atoms with van der Waals surface area (Å²) in [6.07, 6.45) is 1.47. The lowest BCUT2D eigenvalue weighted by molar-refractivity contribution is 0.603. The molecule has 0 bridgehead atoms. The first-order valence-electron chi connectivity index (χ1n) is 7.42. The Balaban J connectivity index is 1.72. The number of sulfonamides is 1. The zero-order valence-electron chi connectivity index (χ0n) is 13.6. The normalized spacial score (nSPS) is 11.3. The van der Waals surface area contributed by atoms with Crippen LogP contribution in [-0.2, 0) is 10.0 Å². The zero-order valence-corrected chi connectivity index (χ0v) is 16.0. The summed E-state index contributed by atoms with van der Waals surface area (Å²) in [4.78, 5) is 5.17. The number of rotatable bonds is 5. The Hall–Kier alpha value is -2.09. The lowest BCUT2D eigenvalue weighted by Crippen LogP contribution is -2.11. The van der Waals surface area contributed by atoms with Gasteiger partial charge in [-0.1, -0.05) is 17.7 Å². The van der Waals surface area contributed by atoms with Gasteiger partial charge < -0.3 is 5.32 Å². The van der Waals surface area contributed by atoms with Crippen LogP contribution in [0.15, 0.2) is 52.9 Å². The van der Waals surface area contributed by atoms with Crippen LogP contribution in [-0.4, -0.2) is 13.4 Å². The molecular weight excluding hydrogens is 378 g/mol. The number of pyridine rings is 1. The molecule has 3 aromatic rings. The van der Waals surface area contributed by atoms with Crippen molar-refractivity contribution >= 4 is 50.2 Å². The van der Waals surface area contributed by atoms with E-state index >= 15 is 0 Å². The van der Waals surface area contributed by atoms with Gasteiger partial charge in [0.05, 0.1) is 11.9 Å². The molecule has 0 aliphatic rings. The molecule has 0 fully saturated rings. The highest BCUT2D eigenvalue weighted by Gasteiger charge is 2.16. The topological polar surface area (TPSA) is 71.1 Å². The molecule has 8 heteroatoms. The van der Waals surface area contributed by atoms with Crippen molar-refractivity contribution in [1.82, 2.24) is 4.98 Å². The van der Waals surface area contributed by atoms with E-state index < -0.39 is 10.0 Å². The Morgan fingerprint density at radius 3 is 2.40 bits per heavy atom. The molecule has 3 rings (SSSR count). The maximum absolute atomic E-state index is 12.3. The van der Waals surface area contributed by atoms with Gasteiger partial charge in [0, 0.05) is 15.6 Å². The fourth-order valence-electron chi connectivity index (χ4n) is 2.11. The van der Waals surface area contributed by atoms with Crippen molar-refractivity contribution in [2.75, 3.05) is 10.0 Å². The lowest BCUT2D eigenvalue weighted by atomic mass is 10.2. The average molecular weight is 394 g/mol. The first kappa shape index (κ1) is 17.7. The molecule has 0 saturated heterocycles. The van der Waals surface area contributed by atoms with E-state index in [9.17, 15) is 8.42 Å². The Bertz CT molecular complexity index is 999. The quantitative estimate of drug-likeness (QED) is 0.642. The Labute approximate surface area is 155 Å². The minimum Gasteiger partial charge on any atom is -0.340 e. The average Bonchev–Trinajstić information content (AvgIpc) is 3.00. The van der Waals surface area contributed by atoms with Gasteiger partial charge in [0.15, 0.2) is 0 Å². The molecule has 0 atom stereocenters. The van der Waals surface area contributed by atoms with Gasteiger partial charge in [-0.3, -0.25) is 4.72 Å². The van der Waals surface area contributed by atoms with Crippen molar-refractivity contribution in [2.24, 2.45) is 0 Å². The summed E-state index contributed by atoms with van der Waals surface area (Å²) in [5.41, 5.74) is 2.21. The summed E-state index contributed by atoms with van der Waals surface area (Å²) >= 11 is 7.33. The third-order valence-electron chi connectivity index (χ3n) is 3.44. The van der Waals surface area contributed by atoms with Gasteiger partial charge in [-0.15, -0.1) is 11.3 Å². The minimum absolute atomic E-state index is 0.279. The molecule has 2 N–H and O–H groups in total. The van der Waals surface area contributed by atoms with Gasteiger partial charge in [0.2, 0.25) is 0 Å². The van der Waals surface area contributed by atoms with Crippen LogP contribution in [0.4, 0.5) is 17.2 Å². The molecule has 0 aliphatic heterocycles. The number of anilines is 3. The van der Waals surface area contributed by atoms with Crippen molar-refractivity contribution in [3.63, 3.8) is 0 Å². The smallest absolute Gasteiger partial charge is 0.271 e. The van der Waals surface area contributed by atoms with Crippen LogP contribution >= 0.6 is 22.9 Å². The second-order valence-corrected chi connectivity index (χ2v) is 9.10. The molecular formula is C17H16ClN3O2S2. The molecule has 25 heavy (non-hydrogen) atoms. The molecule has 1 aromatic carbocycles. The summed E-state index contributed by atoms with van der Waals surface area (Å²) in [5, 5.41) is 3.79. The van der Waals surface area contributed by atoms with Crippen LogP contribution in [0, 0.1) is 13.8 Å². The highest BCUT2D eigenvalue weighted by Crippen LogP contribution is 2.25. The summed E-state index contributed by atoms with van der Waals surface area (Å²) in [7, 11) is -3.58. The van der Waals surface area contributed by atoms with E-state index in [1.165, 1.54) is 17.5 Å². The van der Waals surface area contributed by atoms with E-state index in [1.54, 1.807) is 24.3 Å². The predicted molar refractivity (Wildman–Crippen MR) is 104 cm³/mol. The molecule has 2 heterocycles. The van der Waals surface area contributed by atoms with Crippen LogP contribution < -0.4 is 10.0 Å². The van der Waals surface area contributed by atoms with Crippen molar-refractivity contribution in [2.45, 2.75) is 18.1 Å². The maximum atomic E-state index is 12.3. The Kier molecular flexibility index (Phi) is 4.99. The fourth-order valence-corrected chi connectivity index (χ4v) is 4.62. The van der Waals surface area contributed by atoms with Crippen LogP contribution in [0.25, 0.3) is 0 Å². The van der Waals surface area contributed by atoms with Gasteiger partial charge >= 0.3 is 0 Å². The fraction of sp³-hybridized carbons (Fsp3) is 0.118. The number of halogens is 1.